The Morgan fingerprint density at radius 1 is 1.18 bits per heavy atom. The number of hydrogen-bond donors (Lipinski definition) is 1. The number of carbonyl (C=O) groups excluding carboxylic acids is 3. The largest absolute Gasteiger partial charge is 0.375 e. The molecule has 9 nitrogen and oxygen atoms in total. The number of amides is 3. The lowest BCUT2D eigenvalue weighted by molar-refractivity contribution is -0.125. The van der Waals surface area contributed by atoms with E-state index in [0.29, 0.717) is 43.7 Å². The Morgan fingerprint density at radius 3 is 2.74 bits per heavy atom. The van der Waals surface area contributed by atoms with Gasteiger partial charge in [0, 0.05) is 44.5 Å². The highest BCUT2D eigenvalue weighted by Crippen LogP contribution is 2.38. The number of ether oxygens (including phenoxy) is 1. The Bertz CT molecular complexity index is 1240. The average molecular weight is 522 g/mol. The molecule has 5 rings (SSSR count). The molecule has 1 aromatic heterocycles. The molecule has 1 N–H and O–H groups in total. The molecule has 2 fully saturated rings. The van der Waals surface area contributed by atoms with Gasteiger partial charge in [0.2, 0.25) is 5.91 Å². The molecule has 0 radical (unpaired) electrons. The zero-order valence-corrected chi connectivity index (χ0v) is 23.0. The molecule has 1 aromatic carbocycles. The molecule has 0 saturated carbocycles. The summed E-state index contributed by atoms with van der Waals surface area (Å²) in [4.78, 5) is 43.6. The summed E-state index contributed by atoms with van der Waals surface area (Å²) in [5.41, 5.74) is 3.46. The summed E-state index contributed by atoms with van der Waals surface area (Å²) in [5.74, 6) is -0.556. The van der Waals surface area contributed by atoms with Crippen LogP contribution in [0.1, 0.15) is 78.1 Å². The minimum atomic E-state index is -0.370. The van der Waals surface area contributed by atoms with E-state index in [4.69, 9.17) is 4.74 Å². The Labute approximate surface area is 224 Å². The number of hydrogen-bond acceptors (Lipinski definition) is 6. The second-order valence-corrected chi connectivity index (χ2v) is 11.5. The maximum atomic E-state index is 13.7. The standard InChI is InChI=1S/C29H39N5O4/c1-19-16-20(2)33(31-19)14-7-12-30-26(35)21-8-6-13-32(18-21)24-10-5-9-23-25(24)28(37)34(27(23)36)22-11-15-38-29(3,4)17-22/h5,9-10,16,21-22H,6-8,11-15,17-18H2,1-4H3,(H,30,35)/t21-,22+/m1/s1. The van der Waals surface area contributed by atoms with Gasteiger partial charge >= 0.3 is 0 Å². The number of nitrogens with one attached hydrogen (secondary N) is 1. The van der Waals surface area contributed by atoms with Gasteiger partial charge in [0.15, 0.2) is 0 Å². The third-order valence-electron chi connectivity index (χ3n) is 8.04. The minimum absolute atomic E-state index is 0.0455. The number of imide groups is 1. The highest BCUT2D eigenvalue weighted by atomic mass is 16.5. The number of aromatic nitrogens is 2. The van der Waals surface area contributed by atoms with Crippen molar-refractivity contribution in [2.24, 2.45) is 5.92 Å². The van der Waals surface area contributed by atoms with E-state index >= 15 is 0 Å². The first-order valence-corrected chi connectivity index (χ1v) is 13.8. The van der Waals surface area contributed by atoms with Gasteiger partial charge in [-0.2, -0.15) is 5.10 Å². The monoisotopic (exact) mass is 521 g/mol. The van der Waals surface area contributed by atoms with Crippen LogP contribution in [0.15, 0.2) is 24.3 Å². The zero-order valence-electron chi connectivity index (χ0n) is 23.0. The van der Waals surface area contributed by atoms with E-state index in [-0.39, 0.29) is 35.3 Å². The molecule has 3 aliphatic heterocycles. The van der Waals surface area contributed by atoms with E-state index in [1.54, 1.807) is 6.07 Å². The number of fused-ring (bicyclic) bond motifs is 1. The van der Waals surface area contributed by atoms with Gasteiger partial charge in [-0.3, -0.25) is 24.0 Å². The molecular formula is C29H39N5O4. The molecule has 9 heteroatoms. The Balaban J connectivity index is 1.24. The van der Waals surface area contributed by atoms with Crippen LogP contribution in [0.4, 0.5) is 5.69 Å². The smallest absolute Gasteiger partial charge is 0.263 e. The molecule has 0 bridgehead atoms. The van der Waals surface area contributed by atoms with E-state index in [1.165, 1.54) is 4.90 Å². The fraction of sp³-hybridized carbons (Fsp3) is 0.586. The summed E-state index contributed by atoms with van der Waals surface area (Å²) in [6.07, 6.45) is 3.75. The molecule has 0 aliphatic carbocycles. The predicted octanol–water partition coefficient (Wildman–Crippen LogP) is 3.48. The number of aryl methyl sites for hydroxylation is 3. The van der Waals surface area contributed by atoms with Crippen LogP contribution in [0.5, 0.6) is 0 Å². The third kappa shape index (κ3) is 5.21. The lowest BCUT2D eigenvalue weighted by atomic mass is 9.93. The topological polar surface area (TPSA) is 96.8 Å². The maximum absolute atomic E-state index is 13.7. The van der Waals surface area contributed by atoms with Crippen molar-refractivity contribution in [1.82, 2.24) is 20.0 Å². The summed E-state index contributed by atoms with van der Waals surface area (Å²) >= 11 is 0. The SMILES string of the molecule is Cc1cc(C)n(CCCNC(=O)[C@@H]2CCCN(c3cccc4c3C(=O)N([C@H]3CCOC(C)(C)C3)C4=O)C2)n1. The first-order chi connectivity index (χ1) is 18.1. The Kier molecular flexibility index (Phi) is 7.31. The van der Waals surface area contributed by atoms with Crippen LogP contribution in [0.3, 0.4) is 0 Å². The molecular weight excluding hydrogens is 482 g/mol. The summed E-state index contributed by atoms with van der Waals surface area (Å²) in [7, 11) is 0. The quantitative estimate of drug-likeness (QED) is 0.443. The number of rotatable bonds is 7. The van der Waals surface area contributed by atoms with Gasteiger partial charge < -0.3 is 15.0 Å². The summed E-state index contributed by atoms with van der Waals surface area (Å²) in [5, 5.41) is 7.58. The van der Waals surface area contributed by atoms with Gasteiger partial charge in [-0.15, -0.1) is 0 Å². The number of anilines is 1. The van der Waals surface area contributed by atoms with E-state index in [1.807, 2.05) is 44.5 Å². The Morgan fingerprint density at radius 2 is 2.00 bits per heavy atom. The average Bonchev–Trinajstić information content (AvgIpc) is 3.34. The molecule has 2 atom stereocenters. The summed E-state index contributed by atoms with van der Waals surface area (Å²) in [6.45, 7) is 11.2. The van der Waals surface area contributed by atoms with Crippen molar-refractivity contribution >= 4 is 23.4 Å². The van der Waals surface area contributed by atoms with Crippen LogP contribution < -0.4 is 10.2 Å². The third-order valence-corrected chi connectivity index (χ3v) is 8.04. The highest BCUT2D eigenvalue weighted by Gasteiger charge is 2.45. The van der Waals surface area contributed by atoms with Gasteiger partial charge in [0.25, 0.3) is 11.8 Å². The van der Waals surface area contributed by atoms with E-state index in [0.717, 1.165) is 49.4 Å². The van der Waals surface area contributed by atoms with Crippen molar-refractivity contribution in [1.29, 1.82) is 0 Å². The number of nitrogens with zero attached hydrogens (tertiary/aromatic N) is 4. The van der Waals surface area contributed by atoms with Crippen LogP contribution in [0.25, 0.3) is 0 Å². The lowest BCUT2D eigenvalue weighted by Crippen LogP contribution is -2.48. The van der Waals surface area contributed by atoms with Gasteiger partial charge in [0.1, 0.15) is 0 Å². The highest BCUT2D eigenvalue weighted by molar-refractivity contribution is 6.24. The van der Waals surface area contributed by atoms with Crippen molar-refractivity contribution < 1.29 is 19.1 Å². The van der Waals surface area contributed by atoms with Crippen LogP contribution in [-0.2, 0) is 16.1 Å². The molecule has 2 saturated heterocycles. The number of benzene rings is 1. The molecule has 204 valence electrons. The molecule has 0 unspecified atom stereocenters. The number of piperidine rings is 1. The first kappa shape index (κ1) is 26.4. The first-order valence-electron chi connectivity index (χ1n) is 13.8. The van der Waals surface area contributed by atoms with Crippen LogP contribution in [0.2, 0.25) is 0 Å². The molecule has 3 aliphatic rings. The van der Waals surface area contributed by atoms with Crippen molar-refractivity contribution in [2.75, 3.05) is 31.1 Å². The minimum Gasteiger partial charge on any atom is -0.375 e. The molecule has 2 aromatic rings. The molecule has 38 heavy (non-hydrogen) atoms. The van der Waals surface area contributed by atoms with Gasteiger partial charge in [-0.25, -0.2) is 0 Å². The fourth-order valence-corrected chi connectivity index (χ4v) is 6.20. The lowest BCUT2D eigenvalue weighted by Gasteiger charge is -2.39. The second-order valence-electron chi connectivity index (χ2n) is 11.5. The van der Waals surface area contributed by atoms with Crippen LogP contribution >= 0.6 is 0 Å². The maximum Gasteiger partial charge on any atom is 0.263 e. The van der Waals surface area contributed by atoms with Crippen molar-refractivity contribution in [3.05, 3.63) is 46.8 Å². The van der Waals surface area contributed by atoms with Gasteiger partial charge in [-0.1, -0.05) is 6.07 Å². The van der Waals surface area contributed by atoms with Gasteiger partial charge in [-0.05, 0) is 78.0 Å². The number of carbonyl (C=O) groups is 3. The molecule has 3 amide bonds. The Hall–Kier alpha value is -3.20. The second kappa shape index (κ2) is 10.5. The van der Waals surface area contributed by atoms with E-state index < -0.39 is 0 Å². The fourth-order valence-electron chi connectivity index (χ4n) is 6.20. The van der Waals surface area contributed by atoms with E-state index in [2.05, 4.69) is 21.4 Å². The molecule has 4 heterocycles. The van der Waals surface area contributed by atoms with Crippen molar-refractivity contribution in [2.45, 2.75) is 78.0 Å². The molecule has 0 spiro atoms. The zero-order chi connectivity index (χ0) is 27.0. The van der Waals surface area contributed by atoms with E-state index in [9.17, 15) is 14.4 Å². The predicted molar refractivity (Wildman–Crippen MR) is 144 cm³/mol. The van der Waals surface area contributed by atoms with Crippen LogP contribution in [-0.4, -0.2) is 70.3 Å². The van der Waals surface area contributed by atoms with Crippen LogP contribution in [0, 0.1) is 19.8 Å². The summed E-state index contributed by atoms with van der Waals surface area (Å²) < 4.78 is 7.79. The van der Waals surface area contributed by atoms with Gasteiger partial charge in [0.05, 0.1) is 34.0 Å². The van der Waals surface area contributed by atoms with Crippen molar-refractivity contribution in [3.63, 3.8) is 0 Å². The van der Waals surface area contributed by atoms with Crippen molar-refractivity contribution in [3.8, 4) is 0 Å². The normalized spacial score (nSPS) is 23.1. The summed E-state index contributed by atoms with van der Waals surface area (Å²) in [6, 6.07) is 7.39.